The summed E-state index contributed by atoms with van der Waals surface area (Å²) in [6.07, 6.45) is 2.77. The van der Waals surface area contributed by atoms with Gasteiger partial charge in [-0.15, -0.1) is 0 Å². The quantitative estimate of drug-likeness (QED) is 0.803. The fraction of sp³-hybridized carbons (Fsp3) is 0.0833. The molecule has 0 aliphatic carbocycles. The van der Waals surface area contributed by atoms with Crippen LogP contribution in [0.4, 0.5) is 10.1 Å². The predicted molar refractivity (Wildman–Crippen MR) is 73.9 cm³/mol. The first-order valence-corrected chi connectivity index (χ1v) is 6.59. The van der Waals surface area contributed by atoms with E-state index in [1.54, 1.807) is 12.3 Å². The molecule has 0 aliphatic rings. The van der Waals surface area contributed by atoms with Crippen molar-refractivity contribution in [2.45, 2.75) is 6.54 Å². The lowest BCUT2D eigenvalue weighted by Crippen LogP contribution is -2.01. The molecule has 0 bridgehead atoms. The minimum absolute atomic E-state index is 0.362. The molecular formula is C12H8ClFN4S. The van der Waals surface area contributed by atoms with Gasteiger partial charge >= 0.3 is 0 Å². The molecule has 0 aliphatic heterocycles. The zero-order chi connectivity index (χ0) is 13.2. The summed E-state index contributed by atoms with van der Waals surface area (Å²) in [6, 6.07) is 5.00. The van der Waals surface area contributed by atoms with E-state index in [0.717, 1.165) is 28.3 Å². The lowest BCUT2D eigenvalue weighted by Gasteiger charge is -2.08. The van der Waals surface area contributed by atoms with Gasteiger partial charge in [0, 0.05) is 12.7 Å². The van der Waals surface area contributed by atoms with Crippen molar-refractivity contribution in [3.8, 4) is 0 Å². The predicted octanol–water partition coefficient (Wildman–Crippen LogP) is 3.49. The van der Waals surface area contributed by atoms with Gasteiger partial charge < -0.3 is 5.32 Å². The van der Waals surface area contributed by atoms with E-state index in [-0.39, 0.29) is 5.82 Å². The molecule has 1 N–H and O–H groups in total. The SMILES string of the molecule is Fc1cncc(CNc2c(Cl)ccc3nsnc23)c1. The van der Waals surface area contributed by atoms with Gasteiger partial charge in [0.1, 0.15) is 16.9 Å². The van der Waals surface area contributed by atoms with Gasteiger partial charge in [-0.3, -0.25) is 4.98 Å². The Morgan fingerprint density at radius 2 is 2.16 bits per heavy atom. The highest BCUT2D eigenvalue weighted by Crippen LogP contribution is 2.30. The molecule has 0 atom stereocenters. The number of aromatic nitrogens is 3. The largest absolute Gasteiger partial charge is 0.378 e. The van der Waals surface area contributed by atoms with Crippen LogP contribution in [0.1, 0.15) is 5.56 Å². The Kier molecular flexibility index (Phi) is 3.27. The van der Waals surface area contributed by atoms with Crippen molar-refractivity contribution >= 4 is 40.0 Å². The van der Waals surface area contributed by atoms with E-state index in [2.05, 4.69) is 19.0 Å². The Morgan fingerprint density at radius 3 is 3.00 bits per heavy atom. The van der Waals surface area contributed by atoms with Crippen LogP contribution in [0.5, 0.6) is 0 Å². The minimum atomic E-state index is -0.362. The number of hydrogen-bond acceptors (Lipinski definition) is 5. The summed E-state index contributed by atoms with van der Waals surface area (Å²) in [6.45, 7) is 0.418. The topological polar surface area (TPSA) is 50.7 Å². The Hall–Kier alpha value is -1.79. The van der Waals surface area contributed by atoms with Crippen LogP contribution in [0.25, 0.3) is 11.0 Å². The fourth-order valence-electron chi connectivity index (χ4n) is 1.74. The molecule has 0 saturated heterocycles. The van der Waals surface area contributed by atoms with Crippen molar-refractivity contribution in [3.63, 3.8) is 0 Å². The van der Waals surface area contributed by atoms with Gasteiger partial charge in [-0.1, -0.05) is 11.6 Å². The summed E-state index contributed by atoms with van der Waals surface area (Å²) in [5.74, 6) is -0.362. The Bertz CT molecular complexity index is 731. The summed E-state index contributed by atoms with van der Waals surface area (Å²) in [5, 5.41) is 3.71. The summed E-state index contributed by atoms with van der Waals surface area (Å²) >= 11 is 7.27. The van der Waals surface area contributed by atoms with Gasteiger partial charge in [-0.05, 0) is 23.8 Å². The molecule has 2 heterocycles. The van der Waals surface area contributed by atoms with Gasteiger partial charge in [0.05, 0.1) is 28.6 Å². The highest BCUT2D eigenvalue weighted by Gasteiger charge is 2.09. The van der Waals surface area contributed by atoms with Crippen LogP contribution in [0.3, 0.4) is 0 Å². The summed E-state index contributed by atoms with van der Waals surface area (Å²) in [5.41, 5.74) is 2.95. The van der Waals surface area contributed by atoms with E-state index in [4.69, 9.17) is 11.6 Å². The fourth-order valence-corrected chi connectivity index (χ4v) is 2.50. The third kappa shape index (κ3) is 2.50. The molecule has 0 unspecified atom stereocenters. The van der Waals surface area contributed by atoms with Crippen LogP contribution >= 0.6 is 23.3 Å². The maximum atomic E-state index is 13.0. The number of nitrogens with one attached hydrogen (secondary N) is 1. The van der Waals surface area contributed by atoms with Crippen LogP contribution < -0.4 is 5.32 Å². The van der Waals surface area contributed by atoms with Crippen LogP contribution in [-0.2, 0) is 6.54 Å². The third-order valence-electron chi connectivity index (χ3n) is 2.61. The molecule has 4 nitrogen and oxygen atoms in total. The number of pyridine rings is 1. The molecule has 0 radical (unpaired) electrons. The molecule has 1 aromatic carbocycles. The summed E-state index contributed by atoms with van der Waals surface area (Å²) in [4.78, 5) is 3.80. The highest BCUT2D eigenvalue weighted by atomic mass is 35.5. The number of halogens is 2. The van der Waals surface area contributed by atoms with Crippen LogP contribution in [0.2, 0.25) is 5.02 Å². The van der Waals surface area contributed by atoms with Crippen LogP contribution in [0.15, 0.2) is 30.6 Å². The molecule has 2 aromatic heterocycles. The molecule has 3 rings (SSSR count). The van der Waals surface area contributed by atoms with Gasteiger partial charge in [0.15, 0.2) is 0 Å². The Balaban J connectivity index is 1.89. The first-order chi connectivity index (χ1) is 9.24. The second kappa shape index (κ2) is 5.07. The van der Waals surface area contributed by atoms with E-state index in [1.165, 1.54) is 12.3 Å². The van der Waals surface area contributed by atoms with Crippen LogP contribution in [0, 0.1) is 5.82 Å². The van der Waals surface area contributed by atoms with Gasteiger partial charge in [-0.25, -0.2) is 4.39 Å². The van der Waals surface area contributed by atoms with Crippen molar-refractivity contribution in [2.75, 3.05) is 5.32 Å². The highest BCUT2D eigenvalue weighted by molar-refractivity contribution is 7.00. The summed E-state index contributed by atoms with van der Waals surface area (Å²) in [7, 11) is 0. The number of hydrogen-bond donors (Lipinski definition) is 1. The lowest BCUT2D eigenvalue weighted by atomic mass is 10.2. The third-order valence-corrected chi connectivity index (χ3v) is 3.47. The van der Waals surface area contributed by atoms with Gasteiger partial charge in [-0.2, -0.15) is 8.75 Å². The molecule has 0 amide bonds. The average Bonchev–Trinajstić information content (AvgIpc) is 2.86. The zero-order valence-electron chi connectivity index (χ0n) is 9.60. The normalized spacial score (nSPS) is 10.8. The second-order valence-electron chi connectivity index (χ2n) is 3.92. The van der Waals surface area contributed by atoms with E-state index < -0.39 is 0 Å². The average molecular weight is 295 g/mol. The standard InChI is InChI=1S/C12H8ClFN4S/c13-9-1-2-10-12(18-19-17-10)11(9)16-5-7-3-8(14)6-15-4-7/h1-4,6,16H,5H2. The summed E-state index contributed by atoms with van der Waals surface area (Å²) < 4.78 is 21.4. The molecule has 96 valence electrons. The molecule has 3 aromatic rings. The zero-order valence-corrected chi connectivity index (χ0v) is 11.2. The monoisotopic (exact) mass is 294 g/mol. The van der Waals surface area contributed by atoms with Gasteiger partial charge in [0.25, 0.3) is 0 Å². The lowest BCUT2D eigenvalue weighted by molar-refractivity contribution is 0.619. The van der Waals surface area contributed by atoms with E-state index >= 15 is 0 Å². The van der Waals surface area contributed by atoms with Crippen molar-refractivity contribution in [1.29, 1.82) is 0 Å². The van der Waals surface area contributed by atoms with Crippen LogP contribution in [-0.4, -0.2) is 13.7 Å². The van der Waals surface area contributed by atoms with Crippen molar-refractivity contribution in [1.82, 2.24) is 13.7 Å². The molecular weight excluding hydrogens is 287 g/mol. The van der Waals surface area contributed by atoms with E-state index in [1.807, 2.05) is 6.07 Å². The molecule has 19 heavy (non-hydrogen) atoms. The van der Waals surface area contributed by atoms with Crippen molar-refractivity contribution in [3.05, 3.63) is 47.0 Å². The molecule has 0 fully saturated rings. The van der Waals surface area contributed by atoms with E-state index in [0.29, 0.717) is 17.3 Å². The number of anilines is 1. The Labute approximate surface area is 117 Å². The molecule has 0 spiro atoms. The number of fused-ring (bicyclic) bond motifs is 1. The second-order valence-corrected chi connectivity index (χ2v) is 4.85. The maximum Gasteiger partial charge on any atom is 0.141 e. The van der Waals surface area contributed by atoms with Crippen molar-refractivity contribution < 1.29 is 4.39 Å². The minimum Gasteiger partial charge on any atom is -0.378 e. The van der Waals surface area contributed by atoms with E-state index in [9.17, 15) is 4.39 Å². The first kappa shape index (κ1) is 12.3. The first-order valence-electron chi connectivity index (χ1n) is 5.48. The maximum absolute atomic E-state index is 13.0. The number of nitrogens with zero attached hydrogens (tertiary/aromatic N) is 3. The molecule has 7 heteroatoms. The van der Waals surface area contributed by atoms with Crippen molar-refractivity contribution in [2.24, 2.45) is 0 Å². The smallest absolute Gasteiger partial charge is 0.141 e. The Morgan fingerprint density at radius 1 is 1.26 bits per heavy atom. The van der Waals surface area contributed by atoms with Gasteiger partial charge in [0.2, 0.25) is 0 Å². The molecule has 0 saturated carbocycles. The number of rotatable bonds is 3. The number of benzene rings is 1.